The van der Waals surface area contributed by atoms with Crippen molar-refractivity contribution in [2.45, 2.75) is 0 Å². The summed E-state index contributed by atoms with van der Waals surface area (Å²) in [5.41, 5.74) is 1.40. The lowest BCUT2D eigenvalue weighted by Crippen LogP contribution is -1.90. The predicted molar refractivity (Wildman–Crippen MR) is 96.6 cm³/mol. The molecule has 0 atom stereocenters. The Bertz CT molecular complexity index is 871. The number of phenols is 1. The maximum absolute atomic E-state index is 10.7. The highest BCUT2D eigenvalue weighted by Crippen LogP contribution is 2.42. The maximum Gasteiger partial charge on any atom is 0.269 e. The maximum atomic E-state index is 10.7. The summed E-state index contributed by atoms with van der Waals surface area (Å²) in [6.45, 7) is 0. The average Bonchev–Trinajstić information content (AvgIpc) is 2.59. The van der Waals surface area contributed by atoms with Gasteiger partial charge in [0.15, 0.2) is 11.5 Å². The number of rotatable bonds is 4. The van der Waals surface area contributed by atoms with E-state index in [1.165, 1.54) is 31.4 Å². The van der Waals surface area contributed by atoms with Crippen LogP contribution in [0.3, 0.4) is 0 Å². The molecular formula is C16H10Br2N2O4. The van der Waals surface area contributed by atoms with Crippen LogP contribution in [-0.4, -0.2) is 17.1 Å². The van der Waals surface area contributed by atoms with Crippen molar-refractivity contribution in [1.82, 2.24) is 0 Å². The molecule has 0 unspecified atom stereocenters. The van der Waals surface area contributed by atoms with E-state index in [2.05, 4.69) is 37.9 Å². The molecule has 2 rings (SSSR count). The SMILES string of the molecule is COc1cc(/C=C(/C#N)c2ccc([N+](=O)[O-])cc2)c(Br)c(Br)c1O. The van der Waals surface area contributed by atoms with Crippen molar-refractivity contribution < 1.29 is 14.8 Å². The first kappa shape index (κ1) is 18.0. The zero-order chi connectivity index (χ0) is 17.9. The first-order valence-electron chi connectivity index (χ1n) is 6.50. The number of hydrogen-bond acceptors (Lipinski definition) is 5. The number of nitriles is 1. The molecule has 0 radical (unpaired) electrons. The lowest BCUT2D eigenvalue weighted by atomic mass is 10.0. The number of benzene rings is 2. The van der Waals surface area contributed by atoms with Crippen LogP contribution in [0.5, 0.6) is 11.5 Å². The zero-order valence-corrected chi connectivity index (χ0v) is 15.5. The van der Waals surface area contributed by atoms with Crippen molar-refractivity contribution in [3.05, 3.63) is 60.5 Å². The largest absolute Gasteiger partial charge is 0.503 e. The van der Waals surface area contributed by atoms with Crippen LogP contribution >= 0.6 is 31.9 Å². The number of hydrogen-bond donors (Lipinski definition) is 1. The van der Waals surface area contributed by atoms with Gasteiger partial charge in [-0.15, -0.1) is 0 Å². The summed E-state index contributed by atoms with van der Waals surface area (Å²) in [5, 5.41) is 30.0. The van der Waals surface area contributed by atoms with Gasteiger partial charge >= 0.3 is 0 Å². The van der Waals surface area contributed by atoms with Crippen molar-refractivity contribution in [2.24, 2.45) is 0 Å². The summed E-state index contributed by atoms with van der Waals surface area (Å²) in [5.74, 6) is 0.188. The van der Waals surface area contributed by atoms with Crippen molar-refractivity contribution in [2.75, 3.05) is 7.11 Å². The van der Waals surface area contributed by atoms with Gasteiger partial charge in [0.2, 0.25) is 0 Å². The highest BCUT2D eigenvalue weighted by Gasteiger charge is 2.15. The standard InChI is InChI=1S/C16H10Br2N2O4/c1-24-13-7-10(14(17)15(18)16(13)21)6-11(8-19)9-2-4-12(5-3-9)20(22)23/h2-7,21H,1H3/b11-6-. The molecule has 0 amide bonds. The molecule has 122 valence electrons. The van der Waals surface area contributed by atoms with Crippen LogP contribution in [0.15, 0.2) is 39.3 Å². The molecule has 0 saturated heterocycles. The van der Waals surface area contributed by atoms with Crippen molar-refractivity contribution in [3.63, 3.8) is 0 Å². The van der Waals surface area contributed by atoms with E-state index in [1.807, 2.05) is 0 Å². The molecule has 0 saturated carbocycles. The molecule has 0 fully saturated rings. The summed E-state index contributed by atoms with van der Waals surface area (Å²) in [6, 6.07) is 9.33. The third-order valence-electron chi connectivity index (χ3n) is 3.20. The van der Waals surface area contributed by atoms with Crippen LogP contribution in [0.4, 0.5) is 5.69 Å². The van der Waals surface area contributed by atoms with Gasteiger partial charge in [-0.3, -0.25) is 10.1 Å². The van der Waals surface area contributed by atoms with Crippen LogP contribution in [0, 0.1) is 21.4 Å². The van der Waals surface area contributed by atoms with E-state index in [0.717, 1.165) is 0 Å². The van der Waals surface area contributed by atoms with Gasteiger partial charge in [0.05, 0.1) is 28.1 Å². The number of non-ortho nitro benzene ring substituents is 1. The summed E-state index contributed by atoms with van der Waals surface area (Å²) < 4.78 is 6.05. The number of phenolic OH excluding ortho intramolecular Hbond substituents is 1. The van der Waals surface area contributed by atoms with Gasteiger partial charge in [0.1, 0.15) is 0 Å². The number of nitrogens with zero attached hydrogens (tertiary/aromatic N) is 2. The number of nitro groups is 1. The van der Waals surface area contributed by atoms with Gasteiger partial charge in [0.25, 0.3) is 5.69 Å². The van der Waals surface area contributed by atoms with E-state index in [9.17, 15) is 20.5 Å². The van der Waals surface area contributed by atoms with Crippen LogP contribution < -0.4 is 4.74 Å². The minimum atomic E-state index is -0.502. The lowest BCUT2D eigenvalue weighted by molar-refractivity contribution is -0.384. The highest BCUT2D eigenvalue weighted by molar-refractivity contribution is 9.13. The Kier molecular flexibility index (Phi) is 5.59. The fraction of sp³-hybridized carbons (Fsp3) is 0.0625. The third-order valence-corrected chi connectivity index (χ3v) is 5.36. The molecule has 6 nitrogen and oxygen atoms in total. The minimum Gasteiger partial charge on any atom is -0.503 e. The van der Waals surface area contributed by atoms with E-state index >= 15 is 0 Å². The number of nitro benzene ring substituents is 1. The van der Waals surface area contributed by atoms with Crippen molar-refractivity contribution in [1.29, 1.82) is 5.26 Å². The smallest absolute Gasteiger partial charge is 0.269 e. The Hall–Kier alpha value is -2.37. The second-order valence-electron chi connectivity index (χ2n) is 4.62. The average molecular weight is 454 g/mol. The molecule has 0 aliphatic carbocycles. The molecular weight excluding hydrogens is 444 g/mol. The number of allylic oxidation sites excluding steroid dienone is 1. The Balaban J connectivity index is 2.54. The Morgan fingerprint density at radius 3 is 2.46 bits per heavy atom. The number of methoxy groups -OCH3 is 1. The number of halogens is 2. The van der Waals surface area contributed by atoms with Gasteiger partial charge in [0, 0.05) is 16.6 Å². The van der Waals surface area contributed by atoms with Gasteiger partial charge in [-0.05, 0) is 67.3 Å². The summed E-state index contributed by atoms with van der Waals surface area (Å²) in [4.78, 5) is 10.2. The van der Waals surface area contributed by atoms with Crippen LogP contribution in [0.2, 0.25) is 0 Å². The lowest BCUT2D eigenvalue weighted by Gasteiger charge is -2.10. The van der Waals surface area contributed by atoms with Crippen LogP contribution in [0.25, 0.3) is 11.6 Å². The van der Waals surface area contributed by atoms with Gasteiger partial charge < -0.3 is 9.84 Å². The van der Waals surface area contributed by atoms with Crippen LogP contribution in [0.1, 0.15) is 11.1 Å². The second kappa shape index (κ2) is 7.47. The zero-order valence-electron chi connectivity index (χ0n) is 12.3. The van der Waals surface area contributed by atoms with Crippen molar-refractivity contribution >= 4 is 49.2 Å². The van der Waals surface area contributed by atoms with Crippen LogP contribution in [-0.2, 0) is 0 Å². The molecule has 1 N–H and O–H groups in total. The quantitative estimate of drug-likeness (QED) is 0.307. The monoisotopic (exact) mass is 452 g/mol. The van der Waals surface area contributed by atoms with Gasteiger partial charge in [-0.1, -0.05) is 0 Å². The fourth-order valence-corrected chi connectivity index (χ4v) is 2.81. The van der Waals surface area contributed by atoms with E-state index in [0.29, 0.717) is 25.6 Å². The molecule has 8 heteroatoms. The molecule has 24 heavy (non-hydrogen) atoms. The van der Waals surface area contributed by atoms with Gasteiger partial charge in [-0.2, -0.15) is 5.26 Å². The van der Waals surface area contributed by atoms with Crippen molar-refractivity contribution in [3.8, 4) is 17.6 Å². The predicted octanol–water partition coefficient (Wildman–Crippen LogP) is 4.90. The third kappa shape index (κ3) is 3.58. The van der Waals surface area contributed by atoms with E-state index in [4.69, 9.17) is 4.74 Å². The molecule has 0 spiro atoms. The molecule has 0 bridgehead atoms. The van der Waals surface area contributed by atoms with E-state index < -0.39 is 4.92 Å². The molecule has 2 aromatic rings. The normalized spacial score (nSPS) is 11.0. The summed E-state index contributed by atoms with van der Waals surface area (Å²) >= 11 is 6.60. The van der Waals surface area contributed by atoms with Gasteiger partial charge in [-0.25, -0.2) is 0 Å². The molecule has 0 aromatic heterocycles. The first-order valence-corrected chi connectivity index (χ1v) is 8.09. The van der Waals surface area contributed by atoms with E-state index in [-0.39, 0.29) is 17.2 Å². The van der Waals surface area contributed by atoms with E-state index in [1.54, 1.807) is 12.1 Å². The molecule has 0 aliphatic rings. The first-order chi connectivity index (χ1) is 11.4. The fourth-order valence-electron chi connectivity index (χ4n) is 1.97. The minimum absolute atomic E-state index is 0.0498. The Morgan fingerprint density at radius 1 is 1.33 bits per heavy atom. The summed E-state index contributed by atoms with van der Waals surface area (Å²) in [7, 11) is 1.42. The highest BCUT2D eigenvalue weighted by atomic mass is 79.9. The Morgan fingerprint density at radius 2 is 1.96 bits per heavy atom. The Labute approximate surface area is 154 Å². The molecule has 2 aromatic carbocycles. The topological polar surface area (TPSA) is 96.4 Å². The molecule has 0 aliphatic heterocycles. The second-order valence-corrected chi connectivity index (χ2v) is 6.20. The number of aromatic hydroxyl groups is 1. The summed E-state index contributed by atoms with van der Waals surface area (Å²) in [6.07, 6.45) is 1.60. The number of ether oxygens (including phenoxy) is 1. The molecule has 0 heterocycles.